The lowest BCUT2D eigenvalue weighted by atomic mass is 9.99. The highest BCUT2D eigenvalue weighted by Crippen LogP contribution is 2.32. The highest BCUT2D eigenvalue weighted by atomic mass is 32.2. The van der Waals surface area contributed by atoms with Crippen LogP contribution < -0.4 is 5.32 Å². The molecule has 3 aromatic rings. The molecule has 1 fully saturated rings. The summed E-state index contributed by atoms with van der Waals surface area (Å²) in [4.78, 5) is 8.48. The summed E-state index contributed by atoms with van der Waals surface area (Å²) in [6, 6.07) is 10.0. The summed E-state index contributed by atoms with van der Waals surface area (Å²) in [5.41, 5.74) is 3.88. The van der Waals surface area contributed by atoms with E-state index >= 15 is 0 Å². The molecule has 0 spiro atoms. The minimum atomic E-state index is -4.52. The third kappa shape index (κ3) is 4.13. The molecule has 3 heterocycles. The van der Waals surface area contributed by atoms with Crippen LogP contribution in [0.25, 0.3) is 21.9 Å². The monoisotopic (exact) mass is 432 g/mol. The van der Waals surface area contributed by atoms with E-state index in [-0.39, 0.29) is 19.1 Å². The van der Waals surface area contributed by atoms with Gasteiger partial charge >= 0.3 is 5.76 Å². The summed E-state index contributed by atoms with van der Waals surface area (Å²) in [5, 5.41) is 5.46. The number of anilines is 1. The summed E-state index contributed by atoms with van der Waals surface area (Å²) in [7, 11) is -4.52. The maximum absolute atomic E-state index is 12.8. The average molecular weight is 432 g/mol. The zero-order valence-electron chi connectivity index (χ0n) is 16.4. The number of hydrogen-bond acceptors (Lipinski definition) is 5. The number of pyridine rings is 2. The number of nitrogens with zero attached hydrogens (tertiary/aromatic N) is 3. The van der Waals surface area contributed by atoms with Crippen molar-refractivity contribution < 1.29 is 17.2 Å². The molecule has 1 aromatic carbocycles. The number of nitrogens with one attached hydrogen (secondary N) is 1. The van der Waals surface area contributed by atoms with Crippen molar-refractivity contribution >= 4 is 26.5 Å². The minimum absolute atomic E-state index is 0.0213. The highest BCUT2D eigenvalue weighted by Gasteiger charge is 2.34. The molecule has 0 bridgehead atoms. The molecule has 0 amide bonds. The fourth-order valence-corrected chi connectivity index (χ4v) is 4.74. The Hall–Kier alpha value is -2.65. The van der Waals surface area contributed by atoms with Gasteiger partial charge in [0.1, 0.15) is 0 Å². The number of sulfonamides is 1. The molecule has 6 nitrogen and oxygen atoms in total. The zero-order valence-corrected chi connectivity index (χ0v) is 17.2. The summed E-state index contributed by atoms with van der Waals surface area (Å²) in [6.45, 7) is 2.09. The normalized spacial score (nSPS) is 16.3. The van der Waals surface area contributed by atoms with Crippen molar-refractivity contribution in [3.63, 3.8) is 0 Å². The predicted molar refractivity (Wildman–Crippen MR) is 113 cm³/mol. The van der Waals surface area contributed by atoms with Gasteiger partial charge in [-0.25, -0.2) is 8.42 Å². The summed E-state index contributed by atoms with van der Waals surface area (Å²) in [6.07, 6.45) is 6.20. The number of piperidine rings is 1. The Kier molecular flexibility index (Phi) is 5.66. The molecule has 30 heavy (non-hydrogen) atoms. The van der Waals surface area contributed by atoms with E-state index < -0.39 is 15.8 Å². The molecule has 0 atom stereocenters. The first-order valence-electron chi connectivity index (χ1n) is 9.69. The molecule has 0 saturated carbocycles. The maximum Gasteiger partial charge on any atom is 0.350 e. The van der Waals surface area contributed by atoms with E-state index in [0.717, 1.165) is 37.6 Å². The Morgan fingerprint density at radius 2 is 1.87 bits per heavy atom. The second-order valence-electron chi connectivity index (χ2n) is 7.43. The number of halogens is 2. The van der Waals surface area contributed by atoms with E-state index in [4.69, 9.17) is 0 Å². The Bertz CT molecular complexity index is 1160. The lowest BCUT2D eigenvalue weighted by Gasteiger charge is -2.32. The van der Waals surface area contributed by atoms with E-state index in [1.807, 2.05) is 31.2 Å². The topological polar surface area (TPSA) is 75.2 Å². The number of fused-ring (bicyclic) bond motifs is 1. The molecule has 4 rings (SSSR count). The summed E-state index contributed by atoms with van der Waals surface area (Å²) < 4.78 is 49.9. The second-order valence-corrected chi connectivity index (χ2v) is 9.33. The third-order valence-electron chi connectivity index (χ3n) is 5.38. The number of rotatable bonds is 5. The van der Waals surface area contributed by atoms with Gasteiger partial charge in [-0.3, -0.25) is 9.97 Å². The van der Waals surface area contributed by atoms with E-state index in [1.54, 1.807) is 18.6 Å². The van der Waals surface area contributed by atoms with Crippen LogP contribution in [0, 0.1) is 6.92 Å². The van der Waals surface area contributed by atoms with Gasteiger partial charge in [-0.05, 0) is 66.6 Å². The van der Waals surface area contributed by atoms with Gasteiger partial charge in [-0.1, -0.05) is 0 Å². The smallest absolute Gasteiger partial charge is 0.350 e. The summed E-state index contributed by atoms with van der Waals surface area (Å²) in [5.74, 6) is -3.38. The van der Waals surface area contributed by atoms with Crippen LogP contribution in [0.1, 0.15) is 18.5 Å². The molecule has 1 aliphatic heterocycles. The third-order valence-corrected chi connectivity index (χ3v) is 6.92. The molecule has 158 valence electrons. The van der Waals surface area contributed by atoms with Gasteiger partial charge < -0.3 is 5.32 Å². The second kappa shape index (κ2) is 8.23. The van der Waals surface area contributed by atoms with Gasteiger partial charge in [-0.2, -0.15) is 13.1 Å². The average Bonchev–Trinajstić information content (AvgIpc) is 2.74. The zero-order chi connectivity index (χ0) is 21.3. The Labute approximate surface area is 174 Å². The molecule has 9 heteroatoms. The molecule has 1 saturated heterocycles. The SMILES string of the molecule is Cc1cc(-c2cc(NC3CCN(S(=O)(=O)C(F)F)CC3)c3cnccc3c2)ccn1. The van der Waals surface area contributed by atoms with Crippen LogP contribution in [0.15, 0.2) is 48.9 Å². The maximum atomic E-state index is 12.8. The largest absolute Gasteiger partial charge is 0.382 e. The number of aryl methyl sites for hydroxylation is 1. The van der Waals surface area contributed by atoms with Crippen LogP contribution in [-0.2, 0) is 10.0 Å². The van der Waals surface area contributed by atoms with Crippen LogP contribution in [0.2, 0.25) is 0 Å². The molecular weight excluding hydrogens is 410 g/mol. The molecule has 0 radical (unpaired) electrons. The van der Waals surface area contributed by atoms with Gasteiger partial charge in [-0.15, -0.1) is 0 Å². The highest BCUT2D eigenvalue weighted by molar-refractivity contribution is 7.89. The lowest BCUT2D eigenvalue weighted by Crippen LogP contribution is -2.44. The van der Waals surface area contributed by atoms with E-state index in [1.165, 1.54) is 0 Å². The molecule has 1 N–H and O–H groups in total. The van der Waals surface area contributed by atoms with Crippen molar-refractivity contribution in [2.75, 3.05) is 18.4 Å². The standard InChI is InChI=1S/C21H22F2N4O2S/c1-14-10-15(3-7-25-14)17-11-16-2-6-24-13-19(16)20(12-17)26-18-4-8-27(9-5-18)30(28,29)21(22)23/h2-3,6-7,10-13,18,21,26H,4-5,8-9H2,1H3. The Morgan fingerprint density at radius 3 is 2.57 bits per heavy atom. The molecule has 0 unspecified atom stereocenters. The van der Waals surface area contributed by atoms with Crippen LogP contribution in [0.4, 0.5) is 14.5 Å². The van der Waals surface area contributed by atoms with Crippen LogP contribution >= 0.6 is 0 Å². The van der Waals surface area contributed by atoms with Crippen molar-refractivity contribution in [1.82, 2.24) is 14.3 Å². The number of benzene rings is 1. The number of aromatic nitrogens is 2. The van der Waals surface area contributed by atoms with E-state index in [9.17, 15) is 17.2 Å². The van der Waals surface area contributed by atoms with Crippen molar-refractivity contribution in [2.45, 2.75) is 31.6 Å². The number of alkyl halides is 2. The molecule has 1 aliphatic rings. The van der Waals surface area contributed by atoms with Gasteiger partial charge in [0, 0.05) is 54.5 Å². The number of hydrogen-bond donors (Lipinski definition) is 1. The fraction of sp³-hybridized carbons (Fsp3) is 0.333. The van der Waals surface area contributed by atoms with Crippen molar-refractivity contribution in [3.05, 3.63) is 54.6 Å². The van der Waals surface area contributed by atoms with E-state index in [2.05, 4.69) is 21.4 Å². The first-order chi connectivity index (χ1) is 14.3. The Balaban J connectivity index is 1.60. The minimum Gasteiger partial charge on any atom is -0.382 e. The lowest BCUT2D eigenvalue weighted by molar-refractivity contribution is 0.212. The quantitative estimate of drug-likeness (QED) is 0.659. The van der Waals surface area contributed by atoms with Gasteiger partial charge in [0.15, 0.2) is 0 Å². The van der Waals surface area contributed by atoms with Crippen molar-refractivity contribution in [1.29, 1.82) is 0 Å². The fourth-order valence-electron chi connectivity index (χ4n) is 3.80. The van der Waals surface area contributed by atoms with Crippen molar-refractivity contribution in [3.8, 4) is 11.1 Å². The predicted octanol–water partition coefficient (Wildman–Crippen LogP) is 4.03. The first kappa shape index (κ1) is 20.6. The Morgan fingerprint density at radius 1 is 1.10 bits per heavy atom. The van der Waals surface area contributed by atoms with E-state index in [0.29, 0.717) is 12.8 Å². The van der Waals surface area contributed by atoms with Crippen LogP contribution in [0.3, 0.4) is 0 Å². The molecule has 2 aromatic heterocycles. The van der Waals surface area contributed by atoms with Crippen LogP contribution in [0.5, 0.6) is 0 Å². The van der Waals surface area contributed by atoms with Crippen molar-refractivity contribution in [2.24, 2.45) is 0 Å². The summed E-state index contributed by atoms with van der Waals surface area (Å²) >= 11 is 0. The van der Waals surface area contributed by atoms with Gasteiger partial charge in [0.25, 0.3) is 10.0 Å². The first-order valence-corrected chi connectivity index (χ1v) is 11.2. The van der Waals surface area contributed by atoms with Crippen LogP contribution in [-0.4, -0.2) is 47.6 Å². The molecular formula is C21H22F2N4O2S. The molecule has 0 aliphatic carbocycles. The van der Waals surface area contributed by atoms with Gasteiger partial charge in [0.05, 0.1) is 0 Å². The van der Waals surface area contributed by atoms with Gasteiger partial charge in [0.2, 0.25) is 0 Å².